The highest BCUT2D eigenvalue weighted by Gasteiger charge is 2.35. The van der Waals surface area contributed by atoms with Gasteiger partial charge in [-0.3, -0.25) is 19.1 Å². The molecule has 34 heavy (non-hydrogen) atoms. The first-order valence-corrected chi connectivity index (χ1v) is 12.1. The normalized spacial score (nSPS) is 19.8. The Kier molecular flexibility index (Phi) is 9.58. The van der Waals surface area contributed by atoms with E-state index in [1.807, 2.05) is 6.92 Å². The molecule has 0 spiro atoms. The maximum atomic E-state index is 12.2. The number of aryl methyl sites for hydroxylation is 1. The Balaban J connectivity index is 1.36. The fourth-order valence-corrected chi connectivity index (χ4v) is 4.23. The number of para-hydroxylation sites is 1. The van der Waals surface area contributed by atoms with Crippen molar-refractivity contribution in [2.75, 3.05) is 13.2 Å². The number of nitrogens with one attached hydrogen (secondary N) is 2. The minimum Gasteiger partial charge on any atom is -0.490 e. The van der Waals surface area contributed by atoms with Crippen LogP contribution in [0.25, 0.3) is 0 Å². The van der Waals surface area contributed by atoms with E-state index >= 15 is 0 Å². The number of aromatic nitrogens is 2. The van der Waals surface area contributed by atoms with Gasteiger partial charge in [0.15, 0.2) is 5.75 Å². The highest BCUT2D eigenvalue weighted by Crippen LogP contribution is 2.32. The van der Waals surface area contributed by atoms with Crippen LogP contribution in [0.15, 0.2) is 34.0 Å². The average Bonchev–Trinajstić information content (AvgIpc) is 3.16. The summed E-state index contributed by atoms with van der Waals surface area (Å²) in [4.78, 5) is 38.3. The Morgan fingerprint density at radius 3 is 2.71 bits per heavy atom. The highest BCUT2D eigenvalue weighted by atomic mass is 35.5. The number of halogens is 2. The van der Waals surface area contributed by atoms with Crippen molar-refractivity contribution in [2.45, 2.75) is 63.9 Å². The zero-order valence-corrected chi connectivity index (χ0v) is 20.4. The molecule has 1 amide bonds. The molecule has 9 nitrogen and oxygen atoms in total. The molecular weight excluding hydrogens is 485 g/mol. The Morgan fingerprint density at radius 1 is 1.26 bits per heavy atom. The van der Waals surface area contributed by atoms with Crippen molar-refractivity contribution < 1.29 is 19.4 Å². The van der Waals surface area contributed by atoms with E-state index < -0.39 is 29.7 Å². The van der Waals surface area contributed by atoms with Crippen LogP contribution >= 0.6 is 23.2 Å². The molecule has 3 atom stereocenters. The van der Waals surface area contributed by atoms with Crippen LogP contribution in [0.4, 0.5) is 0 Å². The monoisotopic (exact) mass is 513 g/mol. The van der Waals surface area contributed by atoms with Gasteiger partial charge < -0.3 is 19.9 Å². The molecule has 1 aliphatic heterocycles. The molecule has 3 N–H and O–H groups in total. The lowest BCUT2D eigenvalue weighted by atomic mass is 10.1. The smallest absolute Gasteiger partial charge is 0.330 e. The van der Waals surface area contributed by atoms with Crippen LogP contribution < -0.4 is 21.3 Å². The fraction of sp³-hybridized carbons (Fsp3) is 0.522. The van der Waals surface area contributed by atoms with E-state index in [-0.39, 0.29) is 18.9 Å². The molecule has 3 rings (SSSR count). The topological polar surface area (TPSA) is 123 Å². The third kappa shape index (κ3) is 6.85. The Hall–Kier alpha value is -2.33. The number of hydrogen-bond donors (Lipinski definition) is 3. The van der Waals surface area contributed by atoms with Gasteiger partial charge in [0.05, 0.1) is 22.8 Å². The van der Waals surface area contributed by atoms with Gasteiger partial charge in [-0.1, -0.05) is 36.2 Å². The number of carbonyl (C=O) groups excluding carboxylic acids is 1. The van der Waals surface area contributed by atoms with Gasteiger partial charge in [0, 0.05) is 31.1 Å². The second kappa shape index (κ2) is 12.4. The van der Waals surface area contributed by atoms with E-state index in [0.29, 0.717) is 47.2 Å². The molecule has 0 unspecified atom stereocenters. The van der Waals surface area contributed by atoms with Crippen molar-refractivity contribution in [1.82, 2.24) is 14.9 Å². The summed E-state index contributed by atoms with van der Waals surface area (Å²) in [5.41, 5.74) is -0.565. The van der Waals surface area contributed by atoms with Gasteiger partial charge in [0.25, 0.3) is 5.56 Å². The van der Waals surface area contributed by atoms with Crippen molar-refractivity contribution in [3.63, 3.8) is 0 Å². The number of aliphatic hydroxyl groups excluding tert-OH is 1. The number of aliphatic hydroxyl groups is 1. The highest BCUT2D eigenvalue weighted by molar-refractivity contribution is 6.37. The van der Waals surface area contributed by atoms with E-state index in [4.69, 9.17) is 32.7 Å². The SMILES string of the molecule is CCc1cn([C@H]2C[C@H](O)[C@@H](CNC(=O)CCCCCOc3c(Cl)cccc3Cl)O2)c(=O)[nH]c1=O. The van der Waals surface area contributed by atoms with E-state index in [9.17, 15) is 19.5 Å². The lowest BCUT2D eigenvalue weighted by molar-refractivity contribution is -0.122. The van der Waals surface area contributed by atoms with Crippen molar-refractivity contribution in [3.8, 4) is 5.75 Å². The van der Waals surface area contributed by atoms with Crippen LogP contribution in [0.3, 0.4) is 0 Å². The molecule has 0 radical (unpaired) electrons. The summed E-state index contributed by atoms with van der Waals surface area (Å²) in [6, 6.07) is 5.17. The van der Waals surface area contributed by atoms with Gasteiger partial charge in [-0.2, -0.15) is 0 Å². The number of nitrogens with zero attached hydrogens (tertiary/aromatic N) is 1. The van der Waals surface area contributed by atoms with E-state index in [1.165, 1.54) is 10.8 Å². The summed E-state index contributed by atoms with van der Waals surface area (Å²) < 4.78 is 12.7. The molecule has 11 heteroatoms. The van der Waals surface area contributed by atoms with Crippen molar-refractivity contribution >= 4 is 29.1 Å². The van der Waals surface area contributed by atoms with Gasteiger partial charge in [0.1, 0.15) is 12.3 Å². The molecule has 1 fully saturated rings. The van der Waals surface area contributed by atoms with E-state index in [1.54, 1.807) is 18.2 Å². The van der Waals surface area contributed by atoms with Crippen LogP contribution in [0.2, 0.25) is 10.0 Å². The number of hydrogen-bond acceptors (Lipinski definition) is 6. The molecule has 1 aromatic heterocycles. The first-order valence-electron chi connectivity index (χ1n) is 11.3. The summed E-state index contributed by atoms with van der Waals surface area (Å²) in [7, 11) is 0. The second-order valence-corrected chi connectivity index (χ2v) is 8.94. The molecular formula is C23H29Cl2N3O6. The van der Waals surface area contributed by atoms with Crippen LogP contribution in [0.1, 0.15) is 50.8 Å². The number of rotatable bonds is 11. The van der Waals surface area contributed by atoms with Crippen molar-refractivity contribution in [1.29, 1.82) is 0 Å². The molecule has 1 saturated heterocycles. The van der Waals surface area contributed by atoms with Crippen LogP contribution in [0.5, 0.6) is 5.75 Å². The molecule has 1 aromatic carbocycles. The van der Waals surface area contributed by atoms with Gasteiger partial charge in [-0.15, -0.1) is 0 Å². The number of ether oxygens (including phenoxy) is 2. The minimum atomic E-state index is -0.844. The van der Waals surface area contributed by atoms with Gasteiger partial charge in [-0.05, 0) is 37.8 Å². The first-order chi connectivity index (χ1) is 16.3. The Morgan fingerprint density at radius 2 is 2.00 bits per heavy atom. The molecule has 2 heterocycles. The lowest BCUT2D eigenvalue weighted by Gasteiger charge is -2.17. The maximum absolute atomic E-state index is 12.2. The Labute approximate surface area is 207 Å². The first kappa shape index (κ1) is 26.3. The third-order valence-electron chi connectivity index (χ3n) is 5.65. The molecule has 0 aliphatic carbocycles. The lowest BCUT2D eigenvalue weighted by Crippen LogP contribution is -2.37. The standard InChI is InChI=1S/C23H29Cl2N3O6/c1-2-14-13-28(23(32)27-22(14)31)20-11-17(29)18(34-20)12-26-19(30)9-4-3-5-10-33-21-15(24)7-6-8-16(21)25/h6-8,13,17-18,20,29H,2-5,9-12H2,1H3,(H,26,30)(H,27,31,32)/t17-,18+,20+/m0/s1. The van der Waals surface area contributed by atoms with Crippen molar-refractivity contribution in [3.05, 3.63) is 60.8 Å². The van der Waals surface area contributed by atoms with Crippen molar-refractivity contribution in [2.24, 2.45) is 0 Å². The number of carbonyl (C=O) groups is 1. The number of amides is 1. The maximum Gasteiger partial charge on any atom is 0.330 e. The van der Waals surface area contributed by atoms with Crippen LogP contribution in [-0.4, -0.2) is 45.9 Å². The number of aromatic amines is 1. The molecule has 2 aromatic rings. The summed E-state index contributed by atoms with van der Waals surface area (Å²) in [5.74, 6) is 0.316. The average molecular weight is 514 g/mol. The van der Waals surface area contributed by atoms with Crippen LogP contribution in [-0.2, 0) is 16.0 Å². The summed E-state index contributed by atoms with van der Waals surface area (Å²) >= 11 is 12.1. The molecule has 1 aliphatic rings. The minimum absolute atomic E-state index is 0.128. The molecule has 186 valence electrons. The zero-order valence-electron chi connectivity index (χ0n) is 18.9. The van der Waals surface area contributed by atoms with Gasteiger partial charge in [0.2, 0.25) is 5.91 Å². The predicted molar refractivity (Wildman–Crippen MR) is 129 cm³/mol. The number of unbranched alkanes of at least 4 members (excludes halogenated alkanes) is 2. The third-order valence-corrected chi connectivity index (χ3v) is 6.25. The summed E-state index contributed by atoms with van der Waals surface area (Å²) in [6.07, 6.45) is 2.45. The summed E-state index contributed by atoms with van der Waals surface area (Å²) in [6.45, 7) is 2.38. The zero-order chi connectivity index (χ0) is 24.7. The number of H-pyrrole nitrogens is 1. The molecule has 0 bridgehead atoms. The predicted octanol–water partition coefficient (Wildman–Crippen LogP) is 2.81. The Bertz CT molecular complexity index is 1080. The van der Waals surface area contributed by atoms with E-state index in [0.717, 1.165) is 12.8 Å². The molecule has 0 saturated carbocycles. The quantitative estimate of drug-likeness (QED) is 0.397. The second-order valence-electron chi connectivity index (χ2n) is 8.12. The fourth-order valence-electron chi connectivity index (χ4n) is 3.72. The van der Waals surface area contributed by atoms with E-state index in [2.05, 4.69) is 10.3 Å². The summed E-state index contributed by atoms with van der Waals surface area (Å²) in [5, 5.41) is 14.0. The van der Waals surface area contributed by atoms with Gasteiger partial charge in [-0.25, -0.2) is 4.79 Å². The number of benzene rings is 1. The van der Waals surface area contributed by atoms with Crippen LogP contribution in [0, 0.1) is 0 Å². The van der Waals surface area contributed by atoms with Gasteiger partial charge >= 0.3 is 5.69 Å². The largest absolute Gasteiger partial charge is 0.490 e.